The zero-order valence-corrected chi connectivity index (χ0v) is 20.9. The summed E-state index contributed by atoms with van der Waals surface area (Å²) in [6, 6.07) is 12.1. The molecule has 0 spiro atoms. The third-order valence-corrected chi connectivity index (χ3v) is 8.10. The van der Waals surface area contributed by atoms with E-state index < -0.39 is 0 Å². The van der Waals surface area contributed by atoms with Crippen molar-refractivity contribution in [3.8, 4) is 5.75 Å². The highest BCUT2D eigenvalue weighted by atomic mass is 32.2. The van der Waals surface area contributed by atoms with E-state index >= 15 is 0 Å². The predicted molar refractivity (Wildman–Crippen MR) is 139 cm³/mol. The Labute approximate surface area is 206 Å². The van der Waals surface area contributed by atoms with Crippen molar-refractivity contribution in [2.24, 2.45) is 11.1 Å². The Morgan fingerprint density at radius 3 is 2.74 bits per heavy atom. The van der Waals surface area contributed by atoms with E-state index in [-0.39, 0.29) is 12.0 Å². The van der Waals surface area contributed by atoms with Gasteiger partial charge in [-0.05, 0) is 92.1 Å². The van der Waals surface area contributed by atoms with Gasteiger partial charge in [0.25, 0.3) is 0 Å². The number of aliphatic hydroxyl groups excluding tert-OH is 1. The first-order valence-electron chi connectivity index (χ1n) is 12.2. The van der Waals surface area contributed by atoms with Crippen molar-refractivity contribution >= 4 is 22.7 Å². The van der Waals surface area contributed by atoms with Crippen LogP contribution in [0.5, 0.6) is 5.75 Å². The van der Waals surface area contributed by atoms with Crippen molar-refractivity contribution < 1.29 is 9.84 Å². The lowest BCUT2D eigenvalue weighted by Gasteiger charge is -2.41. The lowest BCUT2D eigenvalue weighted by atomic mass is 9.75. The van der Waals surface area contributed by atoms with Crippen LogP contribution >= 0.6 is 11.8 Å². The summed E-state index contributed by atoms with van der Waals surface area (Å²) in [7, 11) is 1.69. The first-order chi connectivity index (χ1) is 16.7. The molecule has 0 saturated carbocycles. The molecule has 1 aromatic carbocycles. The number of aliphatic hydroxyl groups is 1. The van der Waals surface area contributed by atoms with Crippen LogP contribution in [0.25, 0.3) is 10.9 Å². The molecule has 1 saturated heterocycles. The molecule has 0 atom stereocenters. The van der Waals surface area contributed by atoms with Crippen molar-refractivity contribution in [3.05, 3.63) is 59.9 Å². The number of nitrogens with zero attached hydrogens (tertiary/aromatic N) is 3. The minimum absolute atomic E-state index is 0.0219. The molecule has 0 unspecified atom stereocenters. The quantitative estimate of drug-likeness (QED) is 0.396. The Morgan fingerprint density at radius 1 is 1.18 bits per heavy atom. The average Bonchev–Trinajstić information content (AvgIpc) is 2.90. The largest absolute Gasteiger partial charge is 0.497 e. The van der Waals surface area contributed by atoms with E-state index in [1.807, 2.05) is 48.4 Å². The maximum atomic E-state index is 10.3. The maximum absolute atomic E-state index is 10.3. The van der Waals surface area contributed by atoms with Crippen LogP contribution in [0.4, 0.5) is 0 Å². The molecule has 4 rings (SSSR count). The van der Waals surface area contributed by atoms with Gasteiger partial charge >= 0.3 is 0 Å². The molecule has 3 N–H and O–H groups in total. The average molecular weight is 481 g/mol. The number of fused-ring (bicyclic) bond motifs is 1. The molecule has 34 heavy (non-hydrogen) atoms. The van der Waals surface area contributed by atoms with Gasteiger partial charge in [-0.25, -0.2) is 4.98 Å². The van der Waals surface area contributed by atoms with Crippen molar-refractivity contribution in [3.63, 3.8) is 0 Å². The van der Waals surface area contributed by atoms with E-state index in [1.165, 1.54) is 5.56 Å². The number of pyridine rings is 2. The highest BCUT2D eigenvalue weighted by molar-refractivity contribution is 7.99. The van der Waals surface area contributed by atoms with Crippen LogP contribution in [0.1, 0.15) is 36.8 Å². The number of benzene rings is 1. The first kappa shape index (κ1) is 24.9. The summed E-state index contributed by atoms with van der Waals surface area (Å²) in [5, 5.41) is 12.5. The number of aromatic nitrogens is 2. The van der Waals surface area contributed by atoms with E-state index in [2.05, 4.69) is 27.0 Å². The summed E-state index contributed by atoms with van der Waals surface area (Å²) in [5.41, 5.74) is 9.41. The van der Waals surface area contributed by atoms with Crippen LogP contribution in [0.3, 0.4) is 0 Å². The van der Waals surface area contributed by atoms with Gasteiger partial charge < -0.3 is 20.5 Å². The number of methoxy groups -OCH3 is 1. The fraction of sp³-hybridized carbons (Fsp3) is 0.481. The molecule has 0 radical (unpaired) electrons. The van der Waals surface area contributed by atoms with Gasteiger partial charge in [0.2, 0.25) is 0 Å². The zero-order valence-electron chi connectivity index (χ0n) is 20.1. The molecule has 7 heteroatoms. The second-order valence-electron chi connectivity index (χ2n) is 9.22. The summed E-state index contributed by atoms with van der Waals surface area (Å²) in [6.07, 6.45) is 8.84. The zero-order chi connectivity index (χ0) is 23.8. The first-order valence-corrected chi connectivity index (χ1v) is 13.2. The monoisotopic (exact) mass is 480 g/mol. The van der Waals surface area contributed by atoms with Crippen LogP contribution in [0.15, 0.2) is 53.8 Å². The number of nitrogens with two attached hydrogens (primary N) is 1. The molecule has 0 amide bonds. The molecule has 1 aliphatic heterocycles. The number of hydrogen-bond donors (Lipinski definition) is 2. The molecule has 2 aromatic heterocycles. The summed E-state index contributed by atoms with van der Waals surface area (Å²) in [5.74, 6) is 1.88. The molecular weight excluding hydrogens is 444 g/mol. The van der Waals surface area contributed by atoms with Crippen molar-refractivity contribution in [2.75, 3.05) is 39.1 Å². The summed E-state index contributed by atoms with van der Waals surface area (Å²) in [4.78, 5) is 11.5. The van der Waals surface area contributed by atoms with Crippen LogP contribution in [0, 0.1) is 5.41 Å². The lowest BCUT2D eigenvalue weighted by molar-refractivity contribution is 0.0378. The third kappa shape index (κ3) is 6.08. The second kappa shape index (κ2) is 12.0. The van der Waals surface area contributed by atoms with E-state index in [4.69, 9.17) is 10.5 Å². The molecule has 1 fully saturated rings. The van der Waals surface area contributed by atoms with Gasteiger partial charge in [0, 0.05) is 43.2 Å². The standard InChI is InChI=1S/C27H36N4O2S/c1-33-22-7-8-25-24(17-22)23(21(18-28)19-30-25)5-4-9-27(20-32)10-13-31(14-11-27)15-16-34-26-6-2-3-12-29-26/h2-3,6-8,12,17,19,32H,4-5,9-11,13-16,18,20,28H2,1H3. The minimum atomic E-state index is 0.0219. The molecule has 6 nitrogen and oxygen atoms in total. The molecule has 0 bridgehead atoms. The third-order valence-electron chi connectivity index (χ3n) is 7.18. The summed E-state index contributed by atoms with van der Waals surface area (Å²) < 4.78 is 5.45. The normalized spacial score (nSPS) is 16.1. The molecule has 3 aromatic rings. The van der Waals surface area contributed by atoms with Gasteiger partial charge in [0.15, 0.2) is 0 Å². The van der Waals surface area contributed by atoms with Crippen molar-refractivity contribution in [2.45, 2.75) is 43.7 Å². The van der Waals surface area contributed by atoms with E-state index in [9.17, 15) is 5.11 Å². The highest BCUT2D eigenvalue weighted by Gasteiger charge is 2.33. The van der Waals surface area contributed by atoms with Crippen LogP contribution in [0.2, 0.25) is 0 Å². The SMILES string of the molecule is COc1ccc2ncc(CN)c(CCCC3(CO)CCN(CCSc4ccccn4)CC3)c2c1. The minimum Gasteiger partial charge on any atom is -0.497 e. The number of rotatable bonds is 11. The Kier molecular flexibility index (Phi) is 8.78. The van der Waals surface area contributed by atoms with Gasteiger partial charge in [-0.2, -0.15) is 0 Å². The Bertz CT molecular complexity index is 1050. The number of aryl methyl sites for hydroxylation is 1. The Balaban J connectivity index is 1.32. The number of hydrogen-bond acceptors (Lipinski definition) is 7. The predicted octanol–water partition coefficient (Wildman–Crippen LogP) is 4.29. The van der Waals surface area contributed by atoms with Crippen LogP contribution in [-0.2, 0) is 13.0 Å². The van der Waals surface area contributed by atoms with Crippen LogP contribution in [-0.4, -0.2) is 59.1 Å². The lowest BCUT2D eigenvalue weighted by Crippen LogP contribution is -2.42. The second-order valence-corrected chi connectivity index (χ2v) is 10.3. The van der Waals surface area contributed by atoms with Gasteiger partial charge in [0.05, 0.1) is 17.7 Å². The topological polar surface area (TPSA) is 84.5 Å². The number of likely N-dealkylation sites (tertiary alicyclic amines) is 1. The smallest absolute Gasteiger partial charge is 0.119 e. The van der Waals surface area contributed by atoms with Crippen LogP contribution < -0.4 is 10.5 Å². The molecule has 3 heterocycles. The van der Waals surface area contributed by atoms with Crippen molar-refractivity contribution in [1.82, 2.24) is 14.9 Å². The van der Waals surface area contributed by atoms with E-state index in [0.29, 0.717) is 6.54 Å². The Morgan fingerprint density at radius 2 is 2.03 bits per heavy atom. The van der Waals surface area contributed by atoms with Gasteiger partial charge in [-0.15, -0.1) is 11.8 Å². The highest BCUT2D eigenvalue weighted by Crippen LogP contribution is 2.37. The number of piperidine rings is 1. The number of thioether (sulfide) groups is 1. The molecular formula is C27H36N4O2S. The van der Waals surface area contributed by atoms with E-state index in [0.717, 1.165) is 84.7 Å². The summed E-state index contributed by atoms with van der Waals surface area (Å²) >= 11 is 1.81. The maximum Gasteiger partial charge on any atom is 0.119 e. The van der Waals surface area contributed by atoms with Gasteiger partial charge in [-0.3, -0.25) is 4.98 Å². The molecule has 0 aliphatic carbocycles. The molecule has 1 aliphatic rings. The molecule has 182 valence electrons. The summed E-state index contributed by atoms with van der Waals surface area (Å²) in [6.45, 7) is 3.90. The fourth-order valence-corrected chi connectivity index (χ4v) is 5.82. The van der Waals surface area contributed by atoms with Gasteiger partial charge in [-0.1, -0.05) is 6.07 Å². The van der Waals surface area contributed by atoms with Crippen molar-refractivity contribution in [1.29, 1.82) is 0 Å². The number of ether oxygens (including phenoxy) is 1. The van der Waals surface area contributed by atoms with E-state index in [1.54, 1.807) is 7.11 Å². The fourth-order valence-electron chi connectivity index (χ4n) is 4.96. The Hall–Kier alpha value is -2.19. The van der Waals surface area contributed by atoms with Gasteiger partial charge in [0.1, 0.15) is 5.75 Å².